The summed E-state index contributed by atoms with van der Waals surface area (Å²) >= 11 is 0. The number of hydrogen-bond donors (Lipinski definition) is 4. The number of aromatic carboxylic acids is 1. The Morgan fingerprint density at radius 1 is 1.25 bits per heavy atom. The first kappa shape index (κ1) is 17.5. The summed E-state index contributed by atoms with van der Waals surface area (Å²) in [6, 6.07) is 6.63. The van der Waals surface area contributed by atoms with Crippen LogP contribution in [0.5, 0.6) is 5.75 Å². The maximum Gasteiger partial charge on any atom is 0.341 e. The number of likely N-dealkylation sites (N-methyl/N-ethyl adjacent to an activating group) is 1. The normalized spacial score (nSPS) is 30.9. The Labute approximate surface area is 161 Å². The Hall–Kier alpha value is -2.64. The van der Waals surface area contributed by atoms with Crippen molar-refractivity contribution < 1.29 is 20.1 Å². The molecule has 7 nitrogen and oxygen atoms in total. The third-order valence-electron chi connectivity index (χ3n) is 7.21. The van der Waals surface area contributed by atoms with E-state index in [1.807, 2.05) is 13.1 Å². The predicted molar refractivity (Wildman–Crippen MR) is 101 cm³/mol. The van der Waals surface area contributed by atoms with Crippen molar-refractivity contribution in [1.82, 2.24) is 9.88 Å². The van der Waals surface area contributed by atoms with Gasteiger partial charge in [-0.2, -0.15) is 0 Å². The second-order valence-corrected chi connectivity index (χ2v) is 8.47. The summed E-state index contributed by atoms with van der Waals surface area (Å²) in [6.07, 6.45) is 2.03. The molecule has 146 valence electrons. The minimum atomic E-state index is -1.27. The predicted octanol–water partition coefficient (Wildman–Crippen LogP) is 0.807. The highest BCUT2D eigenvalue weighted by atomic mass is 16.4. The molecule has 3 aliphatic rings. The van der Waals surface area contributed by atoms with Gasteiger partial charge in [-0.3, -0.25) is 4.79 Å². The van der Waals surface area contributed by atoms with Crippen molar-refractivity contribution in [3.05, 3.63) is 62.6 Å². The number of carboxylic acids is 1. The molecule has 28 heavy (non-hydrogen) atoms. The number of fused-ring (bicyclic) bond motifs is 2. The smallest absolute Gasteiger partial charge is 0.341 e. The molecule has 0 spiro atoms. The number of aromatic amines is 1. The van der Waals surface area contributed by atoms with Crippen molar-refractivity contribution in [1.29, 1.82) is 0 Å². The number of benzene rings is 1. The number of pyridine rings is 1. The average molecular weight is 382 g/mol. The van der Waals surface area contributed by atoms with E-state index >= 15 is 0 Å². The van der Waals surface area contributed by atoms with E-state index in [-0.39, 0.29) is 23.8 Å². The van der Waals surface area contributed by atoms with Gasteiger partial charge in [-0.1, -0.05) is 6.07 Å². The van der Waals surface area contributed by atoms with Crippen LogP contribution >= 0.6 is 0 Å². The largest absolute Gasteiger partial charge is 0.508 e. The summed E-state index contributed by atoms with van der Waals surface area (Å²) in [6.45, 7) is 0.800. The lowest BCUT2D eigenvalue weighted by molar-refractivity contribution is -0.145. The molecule has 1 aromatic heterocycles. The Balaban J connectivity index is 1.77. The van der Waals surface area contributed by atoms with Crippen LogP contribution in [0, 0.1) is 0 Å². The SMILES string of the molecule is CN1CC[C@]23Cc4[nH]c(=O)c(C(=O)O)cc4C[C@@]2(O)[C@H]1Cc1ccc(O)cc13. The maximum absolute atomic E-state index is 12.2. The minimum Gasteiger partial charge on any atom is -0.508 e. The van der Waals surface area contributed by atoms with Crippen LogP contribution in [-0.4, -0.2) is 56.4 Å². The number of phenols is 1. The molecule has 2 heterocycles. The number of likely N-dealkylation sites (tertiary alicyclic amines) is 1. The molecule has 5 rings (SSSR count). The van der Waals surface area contributed by atoms with Gasteiger partial charge in [-0.25, -0.2) is 4.79 Å². The fourth-order valence-corrected chi connectivity index (χ4v) is 5.81. The molecular weight excluding hydrogens is 360 g/mol. The summed E-state index contributed by atoms with van der Waals surface area (Å²) < 4.78 is 0. The highest BCUT2D eigenvalue weighted by Crippen LogP contribution is 2.56. The highest BCUT2D eigenvalue weighted by Gasteiger charge is 2.64. The molecule has 0 radical (unpaired) electrons. The van der Waals surface area contributed by atoms with Crippen LogP contribution in [0.25, 0.3) is 0 Å². The molecule has 0 saturated carbocycles. The second-order valence-electron chi connectivity index (χ2n) is 8.47. The van der Waals surface area contributed by atoms with Crippen LogP contribution < -0.4 is 5.56 Å². The lowest BCUT2D eigenvalue weighted by Crippen LogP contribution is -2.73. The topological polar surface area (TPSA) is 114 Å². The summed E-state index contributed by atoms with van der Waals surface area (Å²) in [5.41, 5.74) is 0.743. The van der Waals surface area contributed by atoms with E-state index in [1.54, 1.807) is 12.1 Å². The summed E-state index contributed by atoms with van der Waals surface area (Å²) in [7, 11) is 2.00. The van der Waals surface area contributed by atoms with E-state index in [9.17, 15) is 24.9 Å². The quantitative estimate of drug-likeness (QED) is 0.580. The molecular formula is C21H22N2O5. The van der Waals surface area contributed by atoms with Gasteiger partial charge in [-0.05, 0) is 61.3 Å². The Morgan fingerprint density at radius 2 is 2.04 bits per heavy atom. The lowest BCUT2D eigenvalue weighted by atomic mass is 9.49. The molecule has 2 aliphatic carbocycles. The van der Waals surface area contributed by atoms with Gasteiger partial charge in [0.05, 0.1) is 5.60 Å². The number of aliphatic hydroxyl groups is 1. The number of nitrogens with zero attached hydrogens (tertiary/aromatic N) is 1. The summed E-state index contributed by atoms with van der Waals surface area (Å²) in [5, 5.41) is 31.5. The van der Waals surface area contributed by atoms with Crippen LogP contribution in [0.4, 0.5) is 0 Å². The fourth-order valence-electron chi connectivity index (χ4n) is 5.81. The molecule has 3 atom stereocenters. The lowest BCUT2D eigenvalue weighted by Gasteiger charge is -2.63. The number of carbonyl (C=O) groups is 1. The molecule has 7 heteroatoms. The van der Waals surface area contributed by atoms with Gasteiger partial charge in [-0.15, -0.1) is 0 Å². The molecule has 1 saturated heterocycles. The van der Waals surface area contributed by atoms with Gasteiger partial charge in [0.2, 0.25) is 0 Å². The van der Waals surface area contributed by atoms with E-state index in [0.717, 1.165) is 17.7 Å². The summed E-state index contributed by atoms with van der Waals surface area (Å²) in [5.74, 6) is -1.11. The van der Waals surface area contributed by atoms with E-state index in [1.165, 1.54) is 6.07 Å². The van der Waals surface area contributed by atoms with E-state index in [2.05, 4.69) is 9.88 Å². The molecule has 1 aliphatic heterocycles. The maximum atomic E-state index is 12.2. The zero-order valence-corrected chi connectivity index (χ0v) is 15.5. The standard InChI is InChI=1S/C21H22N2O5/c1-23-5-4-20-10-16-12(6-14(19(26)27)18(25)22-16)9-21(20,28)17(23)7-11-2-3-13(24)8-15(11)20/h2-3,6,8,17,24,28H,4-5,7,9-10H2,1H3,(H,22,25)(H,26,27)/t17-,20-,21-/m1/s1. The number of aromatic hydroxyl groups is 1. The van der Waals surface area contributed by atoms with E-state index in [0.29, 0.717) is 30.5 Å². The third-order valence-corrected chi connectivity index (χ3v) is 7.21. The molecule has 2 aromatic rings. The van der Waals surface area contributed by atoms with Gasteiger partial charge >= 0.3 is 5.97 Å². The Morgan fingerprint density at radius 3 is 2.79 bits per heavy atom. The molecule has 1 aromatic carbocycles. The Bertz CT molecular complexity index is 1080. The van der Waals surface area contributed by atoms with Crippen LogP contribution in [0.2, 0.25) is 0 Å². The first-order valence-electron chi connectivity index (χ1n) is 9.48. The highest BCUT2D eigenvalue weighted by molar-refractivity contribution is 5.87. The summed E-state index contributed by atoms with van der Waals surface area (Å²) in [4.78, 5) is 28.6. The van der Waals surface area contributed by atoms with E-state index in [4.69, 9.17) is 0 Å². The number of hydrogen-bond acceptors (Lipinski definition) is 5. The first-order valence-corrected chi connectivity index (χ1v) is 9.48. The zero-order chi connectivity index (χ0) is 19.8. The molecule has 4 N–H and O–H groups in total. The molecule has 0 amide bonds. The first-order chi connectivity index (χ1) is 13.2. The van der Waals surface area contributed by atoms with Gasteiger partial charge < -0.3 is 25.2 Å². The van der Waals surface area contributed by atoms with Crippen molar-refractivity contribution in [2.45, 2.75) is 42.7 Å². The average Bonchev–Trinajstić information content (AvgIpc) is 2.63. The van der Waals surface area contributed by atoms with Crippen LogP contribution in [0.1, 0.15) is 39.2 Å². The van der Waals surface area contributed by atoms with Crippen molar-refractivity contribution in [2.75, 3.05) is 13.6 Å². The molecule has 1 fully saturated rings. The van der Waals surface area contributed by atoms with Crippen molar-refractivity contribution in [2.24, 2.45) is 0 Å². The molecule has 0 unspecified atom stereocenters. The van der Waals surface area contributed by atoms with Crippen molar-refractivity contribution >= 4 is 5.97 Å². The van der Waals surface area contributed by atoms with Crippen LogP contribution in [0.3, 0.4) is 0 Å². The van der Waals surface area contributed by atoms with E-state index < -0.39 is 22.5 Å². The minimum absolute atomic E-state index is 0.119. The van der Waals surface area contributed by atoms with Crippen LogP contribution in [-0.2, 0) is 24.7 Å². The third kappa shape index (κ3) is 2.06. The number of nitrogens with one attached hydrogen (secondary N) is 1. The number of carboxylic acid groups (broad SMARTS) is 1. The van der Waals surface area contributed by atoms with Crippen LogP contribution in [0.15, 0.2) is 29.1 Å². The number of piperidine rings is 1. The number of H-pyrrole nitrogens is 1. The van der Waals surface area contributed by atoms with Crippen molar-refractivity contribution in [3.63, 3.8) is 0 Å². The Kier molecular flexibility index (Phi) is 3.40. The van der Waals surface area contributed by atoms with Gasteiger partial charge in [0.1, 0.15) is 11.3 Å². The van der Waals surface area contributed by atoms with Gasteiger partial charge in [0.15, 0.2) is 0 Å². The molecule has 2 bridgehead atoms. The number of rotatable bonds is 1. The van der Waals surface area contributed by atoms with Gasteiger partial charge in [0, 0.05) is 30.0 Å². The van der Waals surface area contributed by atoms with Gasteiger partial charge in [0.25, 0.3) is 5.56 Å². The fraction of sp³-hybridized carbons (Fsp3) is 0.429. The monoisotopic (exact) mass is 382 g/mol. The number of aromatic nitrogens is 1. The zero-order valence-electron chi connectivity index (χ0n) is 15.5. The number of phenolic OH excluding ortho intramolecular Hbond substituents is 1. The second kappa shape index (κ2) is 5.46. The van der Waals surface area contributed by atoms with Crippen molar-refractivity contribution in [3.8, 4) is 5.75 Å².